The molecule has 5 nitrogen and oxygen atoms in total. The van der Waals surface area contributed by atoms with Crippen LogP contribution in [0.3, 0.4) is 0 Å². The largest absolute Gasteiger partial charge is 0.480 e. The molecule has 0 aromatic heterocycles. The van der Waals surface area contributed by atoms with Crippen LogP contribution in [0.5, 0.6) is 0 Å². The standard InChI is InChI=1S/C12H22N2O3S/c1-8(2)6-10(11(15)16)13-12(17)14-4-5-18-7-9(14)3/h8-10H,4-7H2,1-3H3,(H,13,17)(H,15,16). The number of nitrogens with one attached hydrogen (secondary N) is 1. The Morgan fingerprint density at radius 1 is 1.50 bits per heavy atom. The number of thioether (sulfide) groups is 1. The fourth-order valence-corrected chi connectivity index (χ4v) is 2.97. The summed E-state index contributed by atoms with van der Waals surface area (Å²) in [7, 11) is 0. The van der Waals surface area contributed by atoms with Gasteiger partial charge >= 0.3 is 12.0 Å². The number of hydrogen-bond acceptors (Lipinski definition) is 3. The number of carboxylic acid groups (broad SMARTS) is 1. The minimum atomic E-state index is -0.962. The molecule has 1 aliphatic heterocycles. The Hall–Kier alpha value is -0.910. The monoisotopic (exact) mass is 274 g/mol. The molecule has 0 spiro atoms. The topological polar surface area (TPSA) is 69.6 Å². The molecule has 2 amide bonds. The van der Waals surface area contributed by atoms with Crippen molar-refractivity contribution >= 4 is 23.8 Å². The van der Waals surface area contributed by atoms with E-state index in [0.29, 0.717) is 13.0 Å². The first-order chi connectivity index (χ1) is 8.41. The van der Waals surface area contributed by atoms with Gasteiger partial charge in [0.15, 0.2) is 0 Å². The first kappa shape index (κ1) is 15.1. The summed E-state index contributed by atoms with van der Waals surface area (Å²) in [6.07, 6.45) is 0.456. The molecule has 2 atom stereocenters. The molecule has 0 aliphatic carbocycles. The Balaban J connectivity index is 2.57. The van der Waals surface area contributed by atoms with Crippen LogP contribution in [0.2, 0.25) is 0 Å². The van der Waals surface area contributed by atoms with Crippen LogP contribution in [-0.4, -0.2) is 52.1 Å². The van der Waals surface area contributed by atoms with Crippen molar-refractivity contribution < 1.29 is 14.7 Å². The lowest BCUT2D eigenvalue weighted by Gasteiger charge is -2.34. The average Bonchev–Trinajstić information content (AvgIpc) is 2.27. The van der Waals surface area contributed by atoms with E-state index in [-0.39, 0.29) is 18.0 Å². The SMILES string of the molecule is CC(C)CC(NC(=O)N1CCSCC1C)C(=O)O. The number of nitrogens with zero attached hydrogens (tertiary/aromatic N) is 1. The Morgan fingerprint density at radius 2 is 2.17 bits per heavy atom. The molecule has 0 saturated carbocycles. The lowest BCUT2D eigenvalue weighted by molar-refractivity contribution is -0.139. The second kappa shape index (κ2) is 6.87. The molecule has 0 aromatic rings. The minimum absolute atomic E-state index is 0.164. The number of carbonyl (C=O) groups is 2. The summed E-state index contributed by atoms with van der Waals surface area (Å²) >= 11 is 1.82. The van der Waals surface area contributed by atoms with E-state index < -0.39 is 12.0 Å². The highest BCUT2D eigenvalue weighted by atomic mass is 32.2. The van der Waals surface area contributed by atoms with Gasteiger partial charge in [-0.1, -0.05) is 13.8 Å². The molecule has 1 rings (SSSR count). The number of rotatable bonds is 4. The van der Waals surface area contributed by atoms with Gasteiger partial charge in [-0.25, -0.2) is 9.59 Å². The van der Waals surface area contributed by atoms with Gasteiger partial charge in [-0.2, -0.15) is 11.8 Å². The summed E-state index contributed by atoms with van der Waals surface area (Å²) in [5.41, 5.74) is 0. The molecule has 104 valence electrons. The maximum atomic E-state index is 12.0. The highest BCUT2D eigenvalue weighted by Crippen LogP contribution is 2.16. The molecule has 6 heteroatoms. The molecule has 1 saturated heterocycles. The number of hydrogen-bond donors (Lipinski definition) is 2. The molecule has 18 heavy (non-hydrogen) atoms. The predicted molar refractivity (Wildman–Crippen MR) is 72.9 cm³/mol. The smallest absolute Gasteiger partial charge is 0.326 e. The van der Waals surface area contributed by atoms with Crippen molar-refractivity contribution in [2.75, 3.05) is 18.1 Å². The van der Waals surface area contributed by atoms with E-state index in [0.717, 1.165) is 11.5 Å². The van der Waals surface area contributed by atoms with Crippen LogP contribution in [0.25, 0.3) is 0 Å². The van der Waals surface area contributed by atoms with Gasteiger partial charge in [0.1, 0.15) is 6.04 Å². The zero-order valence-corrected chi connectivity index (χ0v) is 12.0. The van der Waals surface area contributed by atoms with E-state index in [1.807, 2.05) is 32.5 Å². The molecule has 2 N–H and O–H groups in total. The molecular weight excluding hydrogens is 252 g/mol. The molecule has 1 fully saturated rings. The maximum Gasteiger partial charge on any atom is 0.326 e. The van der Waals surface area contributed by atoms with Gasteiger partial charge in [0, 0.05) is 24.1 Å². The first-order valence-corrected chi connectivity index (χ1v) is 7.45. The number of amides is 2. The predicted octanol–water partition coefficient (Wildman–Crippen LogP) is 1.63. The number of urea groups is 1. The molecule has 0 aromatic carbocycles. The van der Waals surface area contributed by atoms with Gasteiger partial charge in [-0.15, -0.1) is 0 Å². The Bertz CT molecular complexity index is 310. The number of carbonyl (C=O) groups excluding carboxylic acids is 1. The molecule has 1 heterocycles. The highest BCUT2D eigenvalue weighted by molar-refractivity contribution is 7.99. The Labute approximate surface area is 112 Å². The van der Waals surface area contributed by atoms with Crippen LogP contribution in [-0.2, 0) is 4.79 Å². The normalized spacial score (nSPS) is 21.8. The van der Waals surface area contributed by atoms with Crippen molar-refractivity contribution in [1.29, 1.82) is 0 Å². The van der Waals surface area contributed by atoms with Crippen LogP contribution >= 0.6 is 11.8 Å². The van der Waals surface area contributed by atoms with Gasteiger partial charge in [-0.3, -0.25) is 0 Å². The zero-order valence-electron chi connectivity index (χ0n) is 11.2. The third-order valence-corrected chi connectivity index (χ3v) is 4.12. The second-order valence-corrected chi connectivity index (χ2v) is 6.24. The van der Waals surface area contributed by atoms with Crippen molar-refractivity contribution in [3.05, 3.63) is 0 Å². The van der Waals surface area contributed by atoms with Crippen LogP contribution in [0.1, 0.15) is 27.2 Å². The molecule has 1 aliphatic rings. The third kappa shape index (κ3) is 4.40. The van der Waals surface area contributed by atoms with E-state index in [1.165, 1.54) is 0 Å². The molecule has 0 bridgehead atoms. The van der Waals surface area contributed by atoms with Gasteiger partial charge < -0.3 is 15.3 Å². The fraction of sp³-hybridized carbons (Fsp3) is 0.833. The average molecular weight is 274 g/mol. The van der Waals surface area contributed by atoms with Crippen LogP contribution < -0.4 is 5.32 Å². The van der Waals surface area contributed by atoms with Crippen LogP contribution in [0.4, 0.5) is 4.79 Å². The van der Waals surface area contributed by atoms with Crippen molar-refractivity contribution in [2.24, 2.45) is 5.92 Å². The van der Waals surface area contributed by atoms with Crippen LogP contribution in [0, 0.1) is 5.92 Å². The van der Waals surface area contributed by atoms with Crippen LogP contribution in [0.15, 0.2) is 0 Å². The van der Waals surface area contributed by atoms with E-state index in [9.17, 15) is 9.59 Å². The van der Waals surface area contributed by atoms with Gasteiger partial charge in [0.05, 0.1) is 0 Å². The number of carboxylic acids is 1. The van der Waals surface area contributed by atoms with E-state index in [1.54, 1.807) is 4.90 Å². The molecular formula is C12H22N2O3S. The summed E-state index contributed by atoms with van der Waals surface area (Å²) in [6.45, 7) is 6.57. The first-order valence-electron chi connectivity index (χ1n) is 6.29. The lowest BCUT2D eigenvalue weighted by atomic mass is 10.0. The Kier molecular flexibility index (Phi) is 5.78. The molecule has 0 radical (unpaired) electrons. The summed E-state index contributed by atoms with van der Waals surface area (Å²) in [6, 6.07) is -0.882. The van der Waals surface area contributed by atoms with Crippen molar-refractivity contribution in [3.8, 4) is 0 Å². The quantitative estimate of drug-likeness (QED) is 0.817. The summed E-state index contributed by atoms with van der Waals surface area (Å²) < 4.78 is 0. The van der Waals surface area contributed by atoms with Crippen molar-refractivity contribution in [3.63, 3.8) is 0 Å². The van der Waals surface area contributed by atoms with Crippen molar-refractivity contribution in [1.82, 2.24) is 10.2 Å². The highest BCUT2D eigenvalue weighted by Gasteiger charge is 2.27. The van der Waals surface area contributed by atoms with Gasteiger partial charge in [0.25, 0.3) is 0 Å². The summed E-state index contributed by atoms with van der Waals surface area (Å²) in [5.74, 6) is 1.10. The summed E-state index contributed by atoms with van der Waals surface area (Å²) in [5, 5.41) is 11.7. The third-order valence-electron chi connectivity index (χ3n) is 2.93. The zero-order chi connectivity index (χ0) is 13.7. The lowest BCUT2D eigenvalue weighted by Crippen LogP contribution is -2.53. The molecule has 2 unspecified atom stereocenters. The van der Waals surface area contributed by atoms with E-state index in [2.05, 4.69) is 5.32 Å². The second-order valence-electron chi connectivity index (χ2n) is 5.09. The van der Waals surface area contributed by atoms with Crippen molar-refractivity contribution in [2.45, 2.75) is 39.3 Å². The van der Waals surface area contributed by atoms with Gasteiger partial charge in [0.2, 0.25) is 0 Å². The fourth-order valence-electron chi connectivity index (χ4n) is 1.95. The van der Waals surface area contributed by atoms with E-state index in [4.69, 9.17) is 5.11 Å². The van der Waals surface area contributed by atoms with Gasteiger partial charge in [-0.05, 0) is 19.3 Å². The maximum absolute atomic E-state index is 12.0. The van der Waals surface area contributed by atoms with E-state index >= 15 is 0 Å². The minimum Gasteiger partial charge on any atom is -0.480 e. The summed E-state index contributed by atoms with van der Waals surface area (Å²) in [4.78, 5) is 24.9. The number of aliphatic carboxylic acids is 1. The Morgan fingerprint density at radius 3 is 2.67 bits per heavy atom.